The first kappa shape index (κ1) is 17.1. The first-order valence-corrected chi connectivity index (χ1v) is 8.59. The summed E-state index contributed by atoms with van der Waals surface area (Å²) in [4.78, 5) is 0. The molecule has 112 valence electrons. The molecule has 0 saturated heterocycles. The van der Waals surface area contributed by atoms with Gasteiger partial charge in [-0.3, -0.25) is 0 Å². The van der Waals surface area contributed by atoms with Crippen LogP contribution in [-0.2, 0) is 0 Å². The largest absolute Gasteiger partial charge is 0.306 e. The van der Waals surface area contributed by atoms with E-state index in [1.807, 2.05) is 36.4 Å². The first-order chi connectivity index (χ1) is 10.0. The van der Waals surface area contributed by atoms with Crippen LogP contribution in [0.25, 0.3) is 0 Å². The van der Waals surface area contributed by atoms with Gasteiger partial charge in [0.25, 0.3) is 0 Å². The second-order valence-corrected chi connectivity index (χ2v) is 6.81. The van der Waals surface area contributed by atoms with Crippen molar-refractivity contribution in [2.75, 3.05) is 6.54 Å². The van der Waals surface area contributed by atoms with Crippen LogP contribution < -0.4 is 5.32 Å². The maximum absolute atomic E-state index is 6.15. The molecule has 0 aromatic heterocycles. The molecule has 0 aliphatic rings. The molecular formula is C16H15BrCl3N. The molecule has 0 spiro atoms. The van der Waals surface area contributed by atoms with Crippen molar-refractivity contribution in [3.63, 3.8) is 0 Å². The van der Waals surface area contributed by atoms with Gasteiger partial charge >= 0.3 is 0 Å². The van der Waals surface area contributed by atoms with Gasteiger partial charge in [0.1, 0.15) is 0 Å². The van der Waals surface area contributed by atoms with Crippen LogP contribution in [0.5, 0.6) is 0 Å². The molecule has 2 rings (SSSR count). The molecule has 0 radical (unpaired) electrons. The Morgan fingerprint density at radius 2 is 1.57 bits per heavy atom. The SMILES string of the molecule is CCCNC(c1ccc(Cl)c(Cl)c1)c1ccc(Cl)c(Br)c1. The highest BCUT2D eigenvalue weighted by Crippen LogP contribution is 2.32. The maximum Gasteiger partial charge on any atom is 0.0595 e. The van der Waals surface area contributed by atoms with Gasteiger partial charge < -0.3 is 5.32 Å². The van der Waals surface area contributed by atoms with Crippen molar-refractivity contribution < 1.29 is 0 Å². The fourth-order valence-corrected chi connectivity index (χ4v) is 2.92. The van der Waals surface area contributed by atoms with Gasteiger partial charge in [0, 0.05) is 4.47 Å². The van der Waals surface area contributed by atoms with Gasteiger partial charge in [-0.15, -0.1) is 0 Å². The van der Waals surface area contributed by atoms with Crippen LogP contribution in [0.3, 0.4) is 0 Å². The lowest BCUT2D eigenvalue weighted by molar-refractivity contribution is 0.598. The van der Waals surface area contributed by atoms with Gasteiger partial charge in [0.05, 0.1) is 21.1 Å². The van der Waals surface area contributed by atoms with Crippen LogP contribution in [0.2, 0.25) is 15.1 Å². The highest BCUT2D eigenvalue weighted by atomic mass is 79.9. The Bertz CT molecular complexity index is 579. The zero-order valence-electron chi connectivity index (χ0n) is 11.5. The molecule has 1 nitrogen and oxygen atoms in total. The van der Waals surface area contributed by atoms with Crippen LogP contribution >= 0.6 is 50.7 Å². The summed E-state index contributed by atoms with van der Waals surface area (Å²) in [6, 6.07) is 11.7. The molecule has 0 fully saturated rings. The molecule has 1 atom stereocenters. The number of hydrogen-bond acceptors (Lipinski definition) is 1. The average molecular weight is 408 g/mol. The lowest BCUT2D eigenvalue weighted by atomic mass is 9.98. The Morgan fingerprint density at radius 3 is 2.14 bits per heavy atom. The number of halogens is 4. The molecule has 0 aliphatic heterocycles. The molecule has 5 heteroatoms. The second-order valence-electron chi connectivity index (χ2n) is 4.73. The third-order valence-electron chi connectivity index (χ3n) is 3.15. The van der Waals surface area contributed by atoms with Gasteiger partial charge in [-0.05, 0) is 64.3 Å². The third kappa shape index (κ3) is 4.37. The summed E-state index contributed by atoms with van der Waals surface area (Å²) in [5.41, 5.74) is 2.20. The zero-order valence-corrected chi connectivity index (χ0v) is 15.3. The van der Waals surface area contributed by atoms with Gasteiger partial charge in [0.15, 0.2) is 0 Å². The Balaban J connectivity index is 2.41. The fourth-order valence-electron chi connectivity index (χ4n) is 2.10. The third-order valence-corrected chi connectivity index (χ3v) is 5.11. The number of benzene rings is 2. The van der Waals surface area contributed by atoms with E-state index in [0.29, 0.717) is 15.1 Å². The van der Waals surface area contributed by atoms with Crippen molar-refractivity contribution in [2.45, 2.75) is 19.4 Å². The molecular weight excluding hydrogens is 392 g/mol. The molecule has 2 aromatic rings. The Morgan fingerprint density at radius 1 is 0.952 bits per heavy atom. The quantitative estimate of drug-likeness (QED) is 0.597. The lowest BCUT2D eigenvalue weighted by Crippen LogP contribution is -2.23. The number of nitrogens with one attached hydrogen (secondary N) is 1. The lowest BCUT2D eigenvalue weighted by Gasteiger charge is -2.20. The first-order valence-electron chi connectivity index (χ1n) is 6.66. The van der Waals surface area contributed by atoms with Gasteiger partial charge in [-0.2, -0.15) is 0 Å². The van der Waals surface area contributed by atoms with E-state index in [2.05, 4.69) is 28.2 Å². The molecule has 0 bridgehead atoms. The second kappa shape index (κ2) is 7.85. The van der Waals surface area contributed by atoms with Gasteiger partial charge in [-0.25, -0.2) is 0 Å². The molecule has 0 heterocycles. The topological polar surface area (TPSA) is 12.0 Å². The Hall–Kier alpha value is -0.250. The highest BCUT2D eigenvalue weighted by Gasteiger charge is 2.15. The predicted molar refractivity (Wildman–Crippen MR) is 95.8 cm³/mol. The zero-order chi connectivity index (χ0) is 15.4. The Kier molecular flexibility index (Phi) is 6.39. The number of rotatable bonds is 5. The average Bonchev–Trinajstić information content (AvgIpc) is 2.46. The molecule has 2 aromatic carbocycles. The van der Waals surface area contributed by atoms with Gasteiger partial charge in [-0.1, -0.05) is 53.9 Å². The van der Waals surface area contributed by atoms with Crippen molar-refractivity contribution in [3.8, 4) is 0 Å². The van der Waals surface area contributed by atoms with Crippen LogP contribution in [0.4, 0.5) is 0 Å². The van der Waals surface area contributed by atoms with E-state index in [4.69, 9.17) is 34.8 Å². The van der Waals surface area contributed by atoms with E-state index in [1.165, 1.54) is 0 Å². The minimum atomic E-state index is 0.0493. The summed E-state index contributed by atoms with van der Waals surface area (Å²) >= 11 is 21.7. The Labute approximate surface area is 148 Å². The summed E-state index contributed by atoms with van der Waals surface area (Å²) in [5, 5.41) is 5.35. The van der Waals surface area contributed by atoms with E-state index in [-0.39, 0.29) is 6.04 Å². The maximum atomic E-state index is 6.15. The minimum Gasteiger partial charge on any atom is -0.306 e. The minimum absolute atomic E-state index is 0.0493. The van der Waals surface area contributed by atoms with E-state index in [0.717, 1.165) is 28.6 Å². The summed E-state index contributed by atoms with van der Waals surface area (Å²) in [6.07, 6.45) is 1.05. The summed E-state index contributed by atoms with van der Waals surface area (Å²) < 4.78 is 0.880. The van der Waals surface area contributed by atoms with Crippen LogP contribution in [-0.4, -0.2) is 6.54 Å². The molecule has 1 N–H and O–H groups in total. The van der Waals surface area contributed by atoms with Gasteiger partial charge in [0.2, 0.25) is 0 Å². The van der Waals surface area contributed by atoms with Crippen molar-refractivity contribution in [2.24, 2.45) is 0 Å². The van der Waals surface area contributed by atoms with Crippen LogP contribution in [0, 0.1) is 0 Å². The molecule has 1 unspecified atom stereocenters. The molecule has 21 heavy (non-hydrogen) atoms. The summed E-state index contributed by atoms with van der Waals surface area (Å²) in [6.45, 7) is 3.04. The fraction of sp³-hybridized carbons (Fsp3) is 0.250. The van der Waals surface area contributed by atoms with Crippen molar-refractivity contribution in [1.29, 1.82) is 0 Å². The van der Waals surface area contributed by atoms with Crippen molar-refractivity contribution >= 4 is 50.7 Å². The van der Waals surface area contributed by atoms with E-state index < -0.39 is 0 Å². The molecule has 0 amide bonds. The summed E-state index contributed by atoms with van der Waals surface area (Å²) in [5.74, 6) is 0. The number of hydrogen-bond donors (Lipinski definition) is 1. The standard InChI is InChI=1S/C16H15BrCl3N/c1-2-7-21-16(10-3-5-13(18)12(17)8-10)11-4-6-14(19)15(20)9-11/h3-6,8-9,16,21H,2,7H2,1H3. The monoisotopic (exact) mass is 405 g/mol. The normalized spacial score (nSPS) is 12.4. The van der Waals surface area contributed by atoms with E-state index in [9.17, 15) is 0 Å². The van der Waals surface area contributed by atoms with E-state index >= 15 is 0 Å². The van der Waals surface area contributed by atoms with Crippen molar-refractivity contribution in [1.82, 2.24) is 5.32 Å². The van der Waals surface area contributed by atoms with Crippen LogP contribution in [0.15, 0.2) is 40.9 Å². The highest BCUT2D eigenvalue weighted by molar-refractivity contribution is 9.10. The predicted octanol–water partition coefficient (Wildman–Crippen LogP) is 6.50. The molecule has 0 saturated carbocycles. The summed E-state index contributed by atoms with van der Waals surface area (Å²) in [7, 11) is 0. The smallest absolute Gasteiger partial charge is 0.0595 e. The van der Waals surface area contributed by atoms with E-state index in [1.54, 1.807) is 0 Å². The van der Waals surface area contributed by atoms with Crippen LogP contribution in [0.1, 0.15) is 30.5 Å². The van der Waals surface area contributed by atoms with Crippen molar-refractivity contribution in [3.05, 3.63) is 67.1 Å². The molecule has 0 aliphatic carbocycles.